The number of thioether (sulfide) groups is 1. The fourth-order valence-corrected chi connectivity index (χ4v) is 8.17. The lowest BCUT2D eigenvalue weighted by Gasteiger charge is -2.29. The summed E-state index contributed by atoms with van der Waals surface area (Å²) >= 11 is 1.82. The third-order valence-corrected chi connectivity index (χ3v) is 11.5. The van der Waals surface area contributed by atoms with E-state index in [2.05, 4.69) is 20.8 Å². The lowest BCUT2D eigenvalue weighted by molar-refractivity contribution is -0.140. The van der Waals surface area contributed by atoms with Crippen molar-refractivity contribution >= 4 is 17.7 Å². The summed E-state index contributed by atoms with van der Waals surface area (Å²) in [5.74, 6) is 0.504. The molecule has 0 radical (unpaired) electrons. The first-order valence-corrected chi connectivity index (χ1v) is 21.5. The summed E-state index contributed by atoms with van der Waals surface area (Å²) in [5, 5.41) is 10.5. The first-order chi connectivity index (χ1) is 21.6. The Bertz CT molecular complexity index is 537. The van der Waals surface area contributed by atoms with Crippen LogP contribution in [-0.2, 0) is 4.79 Å². The van der Waals surface area contributed by atoms with Crippen LogP contribution in [0.2, 0.25) is 0 Å². The number of carboxylic acids is 1. The van der Waals surface area contributed by atoms with Gasteiger partial charge in [-0.25, -0.2) is 0 Å². The zero-order valence-corrected chi connectivity index (χ0v) is 31.5. The highest BCUT2D eigenvalue weighted by Gasteiger charge is 2.37. The Morgan fingerprint density at radius 3 is 0.864 bits per heavy atom. The topological polar surface area (TPSA) is 37.3 Å². The molecule has 0 aromatic rings. The molecule has 0 aliphatic heterocycles. The van der Waals surface area contributed by atoms with E-state index in [1.54, 1.807) is 0 Å². The number of unbranched alkanes of at least 4 members (excludes halogenated alkanes) is 30. The van der Waals surface area contributed by atoms with Crippen LogP contribution in [-0.4, -0.2) is 21.6 Å². The Morgan fingerprint density at radius 2 is 0.614 bits per heavy atom. The van der Waals surface area contributed by atoms with Crippen LogP contribution in [0.3, 0.4) is 0 Å². The Morgan fingerprint density at radius 1 is 0.386 bits per heavy atom. The minimum absolute atomic E-state index is 0.523. The van der Waals surface area contributed by atoms with E-state index in [1.807, 2.05) is 11.8 Å². The van der Waals surface area contributed by atoms with E-state index in [0.717, 1.165) is 31.4 Å². The molecule has 0 atom stereocenters. The van der Waals surface area contributed by atoms with E-state index in [1.165, 1.54) is 199 Å². The van der Waals surface area contributed by atoms with Crippen LogP contribution in [0, 0.1) is 0 Å². The molecule has 0 unspecified atom stereocenters. The molecule has 0 aliphatic rings. The zero-order chi connectivity index (χ0) is 32.2. The lowest BCUT2D eigenvalue weighted by Crippen LogP contribution is -2.35. The maximum atomic E-state index is 12.8. The lowest BCUT2D eigenvalue weighted by atomic mass is 9.93. The first-order valence-electron chi connectivity index (χ1n) is 20.5. The minimum atomic E-state index is -0.545. The largest absolute Gasteiger partial charge is 0.480 e. The highest BCUT2D eigenvalue weighted by Crippen LogP contribution is 2.38. The quantitative estimate of drug-likeness (QED) is 0.0684. The summed E-state index contributed by atoms with van der Waals surface area (Å²) in [4.78, 5) is 12.8. The standard InChI is InChI=1S/C41H82O2S/c1-4-7-10-13-16-19-22-25-28-31-34-37-41(40(42)43,38-35-32-29-26-23-20-17-14-11-8-5-2)44-39-36-33-30-27-24-21-18-15-12-9-6-3/h4-39H2,1-3H3,(H,42,43). The number of carbonyl (C=O) groups is 1. The second-order valence-corrected chi connectivity index (χ2v) is 15.7. The van der Waals surface area contributed by atoms with Gasteiger partial charge in [0.15, 0.2) is 0 Å². The van der Waals surface area contributed by atoms with Gasteiger partial charge in [0.1, 0.15) is 4.75 Å². The second kappa shape index (κ2) is 35.7. The average Bonchev–Trinajstić information content (AvgIpc) is 3.02. The molecule has 0 rings (SSSR count). The zero-order valence-electron chi connectivity index (χ0n) is 30.7. The molecule has 0 spiro atoms. The molecule has 0 aromatic heterocycles. The van der Waals surface area contributed by atoms with Gasteiger partial charge in [0, 0.05) is 0 Å². The molecule has 2 nitrogen and oxygen atoms in total. The van der Waals surface area contributed by atoms with Crippen LogP contribution in [0.25, 0.3) is 0 Å². The van der Waals surface area contributed by atoms with Gasteiger partial charge in [-0.3, -0.25) is 4.79 Å². The van der Waals surface area contributed by atoms with E-state index < -0.39 is 10.7 Å². The monoisotopic (exact) mass is 639 g/mol. The van der Waals surface area contributed by atoms with Gasteiger partial charge in [-0.15, -0.1) is 11.8 Å². The highest BCUT2D eigenvalue weighted by molar-refractivity contribution is 8.01. The van der Waals surface area contributed by atoms with Gasteiger partial charge in [-0.05, 0) is 25.0 Å². The Labute approximate surface area is 282 Å². The molecule has 1 N–H and O–H groups in total. The molecule has 0 aromatic carbocycles. The maximum absolute atomic E-state index is 12.8. The molecule has 0 saturated heterocycles. The van der Waals surface area contributed by atoms with Gasteiger partial charge < -0.3 is 5.11 Å². The molecule has 0 heterocycles. The van der Waals surface area contributed by atoms with Crippen molar-refractivity contribution in [2.75, 3.05) is 5.75 Å². The number of hydrogen-bond acceptors (Lipinski definition) is 2. The van der Waals surface area contributed by atoms with Crippen LogP contribution in [0.15, 0.2) is 0 Å². The van der Waals surface area contributed by atoms with Crippen LogP contribution >= 0.6 is 11.8 Å². The molecule has 264 valence electrons. The molecular weight excluding hydrogens is 557 g/mol. The average molecular weight is 639 g/mol. The molecule has 0 amide bonds. The van der Waals surface area contributed by atoms with Gasteiger partial charge in [0.05, 0.1) is 0 Å². The van der Waals surface area contributed by atoms with Crippen molar-refractivity contribution in [1.82, 2.24) is 0 Å². The summed E-state index contributed by atoms with van der Waals surface area (Å²) in [5.41, 5.74) is 0. The van der Waals surface area contributed by atoms with E-state index in [0.29, 0.717) is 0 Å². The Balaban J connectivity index is 4.37. The first kappa shape index (κ1) is 43.8. The van der Waals surface area contributed by atoms with Gasteiger partial charge in [-0.2, -0.15) is 0 Å². The number of rotatable bonds is 38. The van der Waals surface area contributed by atoms with E-state index >= 15 is 0 Å². The van der Waals surface area contributed by atoms with Crippen LogP contribution in [0.1, 0.15) is 245 Å². The summed E-state index contributed by atoms with van der Waals surface area (Å²) in [6.07, 6.45) is 45.8. The predicted octanol–water partition coefficient (Wildman–Crippen LogP) is 15.3. The fraction of sp³-hybridized carbons (Fsp3) is 0.976. The SMILES string of the molecule is CCCCCCCCCCCCCSC(CCCCCCCCCCCCC)(CCCCCCCCCCCCC)C(=O)O. The predicted molar refractivity (Wildman–Crippen MR) is 201 cm³/mol. The van der Waals surface area contributed by atoms with E-state index in [-0.39, 0.29) is 0 Å². The van der Waals surface area contributed by atoms with Crippen LogP contribution < -0.4 is 0 Å². The molecule has 0 fully saturated rings. The molecule has 0 bridgehead atoms. The van der Waals surface area contributed by atoms with Crippen molar-refractivity contribution in [2.45, 2.75) is 250 Å². The molecule has 0 aliphatic carbocycles. The maximum Gasteiger partial charge on any atom is 0.319 e. The van der Waals surface area contributed by atoms with Crippen LogP contribution in [0.4, 0.5) is 0 Å². The van der Waals surface area contributed by atoms with Gasteiger partial charge in [0.2, 0.25) is 0 Å². The van der Waals surface area contributed by atoms with Crippen molar-refractivity contribution in [2.24, 2.45) is 0 Å². The summed E-state index contributed by atoms with van der Waals surface area (Å²) in [7, 11) is 0. The third-order valence-electron chi connectivity index (χ3n) is 9.88. The minimum Gasteiger partial charge on any atom is -0.480 e. The summed E-state index contributed by atoms with van der Waals surface area (Å²) < 4.78 is -0.545. The third kappa shape index (κ3) is 29.2. The molecule has 3 heteroatoms. The molecule has 44 heavy (non-hydrogen) atoms. The van der Waals surface area contributed by atoms with Crippen molar-refractivity contribution in [1.29, 1.82) is 0 Å². The fourth-order valence-electron chi connectivity index (χ4n) is 6.73. The normalized spacial score (nSPS) is 11.9. The number of aliphatic carboxylic acids is 1. The van der Waals surface area contributed by atoms with Crippen molar-refractivity contribution in [3.05, 3.63) is 0 Å². The van der Waals surface area contributed by atoms with E-state index in [9.17, 15) is 9.90 Å². The van der Waals surface area contributed by atoms with Crippen molar-refractivity contribution < 1.29 is 9.90 Å². The Hall–Kier alpha value is -0.180. The van der Waals surface area contributed by atoms with Gasteiger partial charge in [0.25, 0.3) is 0 Å². The van der Waals surface area contributed by atoms with Crippen molar-refractivity contribution in [3.63, 3.8) is 0 Å². The summed E-state index contributed by atoms with van der Waals surface area (Å²) in [6, 6.07) is 0. The van der Waals surface area contributed by atoms with Gasteiger partial charge >= 0.3 is 5.97 Å². The van der Waals surface area contributed by atoms with Crippen LogP contribution in [0.5, 0.6) is 0 Å². The van der Waals surface area contributed by atoms with Gasteiger partial charge in [-0.1, -0.05) is 226 Å². The molecule has 0 saturated carbocycles. The smallest absolute Gasteiger partial charge is 0.319 e. The number of carboxylic acid groups (broad SMARTS) is 1. The van der Waals surface area contributed by atoms with E-state index in [4.69, 9.17) is 0 Å². The molecular formula is C41H82O2S. The second-order valence-electron chi connectivity index (χ2n) is 14.3. The number of hydrogen-bond donors (Lipinski definition) is 1. The highest BCUT2D eigenvalue weighted by atomic mass is 32.2. The summed E-state index contributed by atoms with van der Waals surface area (Å²) in [6.45, 7) is 6.86. The Kier molecular flexibility index (Phi) is 35.5. The van der Waals surface area contributed by atoms with Crippen molar-refractivity contribution in [3.8, 4) is 0 Å².